The molecule has 166 valence electrons. The van der Waals surface area contributed by atoms with Gasteiger partial charge in [-0.25, -0.2) is 14.4 Å². The summed E-state index contributed by atoms with van der Waals surface area (Å²) in [5.41, 5.74) is 2.85. The number of nitrogens with one attached hydrogen (secondary N) is 2. The first kappa shape index (κ1) is 22.0. The van der Waals surface area contributed by atoms with Crippen LogP contribution in [0.4, 0.5) is 15.9 Å². The van der Waals surface area contributed by atoms with E-state index >= 15 is 0 Å². The number of ether oxygens (including phenoxy) is 1. The van der Waals surface area contributed by atoms with Crippen LogP contribution in [0, 0.1) is 5.82 Å². The van der Waals surface area contributed by atoms with E-state index < -0.39 is 0 Å². The molecule has 1 amide bonds. The van der Waals surface area contributed by atoms with Crippen molar-refractivity contribution in [1.29, 1.82) is 0 Å². The van der Waals surface area contributed by atoms with Crippen LogP contribution < -0.4 is 15.4 Å². The van der Waals surface area contributed by atoms with E-state index in [4.69, 9.17) is 4.74 Å². The standard InChI is InChI=1S/C26H23FN4O2/c1-17(19-5-4-8-23(16-19)33-2)29-26(32)18-9-11-22(12-10-18)30-24-13-14-28-25(31-24)20-6-3-7-21(27)15-20/h3-17H,1-2H3,(H,29,32)(H,28,30,31). The van der Waals surface area contributed by atoms with E-state index in [-0.39, 0.29) is 17.8 Å². The second-order valence-electron chi connectivity index (χ2n) is 7.45. The van der Waals surface area contributed by atoms with Gasteiger partial charge in [0.15, 0.2) is 5.82 Å². The topological polar surface area (TPSA) is 76.1 Å². The fourth-order valence-electron chi connectivity index (χ4n) is 3.32. The van der Waals surface area contributed by atoms with E-state index in [1.54, 1.807) is 55.8 Å². The molecule has 3 aromatic carbocycles. The number of amides is 1. The summed E-state index contributed by atoms with van der Waals surface area (Å²) < 4.78 is 18.8. The van der Waals surface area contributed by atoms with Gasteiger partial charge < -0.3 is 15.4 Å². The number of anilines is 2. The largest absolute Gasteiger partial charge is 0.497 e. The van der Waals surface area contributed by atoms with Gasteiger partial charge in [-0.3, -0.25) is 4.79 Å². The van der Waals surface area contributed by atoms with E-state index in [2.05, 4.69) is 20.6 Å². The number of aromatic nitrogens is 2. The van der Waals surface area contributed by atoms with Crippen molar-refractivity contribution in [2.75, 3.05) is 12.4 Å². The van der Waals surface area contributed by atoms with Crippen molar-refractivity contribution in [3.8, 4) is 17.1 Å². The Hall–Kier alpha value is -4.26. The summed E-state index contributed by atoms with van der Waals surface area (Å²) in [6.45, 7) is 1.92. The SMILES string of the molecule is COc1cccc(C(C)NC(=O)c2ccc(Nc3ccnc(-c4cccc(F)c4)n3)cc2)c1. The van der Waals surface area contributed by atoms with Crippen LogP contribution in [0.2, 0.25) is 0 Å². The highest BCUT2D eigenvalue weighted by Gasteiger charge is 2.12. The minimum absolute atomic E-state index is 0.173. The Balaban J connectivity index is 1.42. The van der Waals surface area contributed by atoms with Gasteiger partial charge in [0.1, 0.15) is 17.4 Å². The molecule has 1 aromatic heterocycles. The van der Waals surface area contributed by atoms with E-state index in [1.165, 1.54) is 12.1 Å². The van der Waals surface area contributed by atoms with Crippen molar-refractivity contribution < 1.29 is 13.9 Å². The maximum absolute atomic E-state index is 13.5. The third kappa shape index (κ3) is 5.51. The molecule has 4 rings (SSSR count). The lowest BCUT2D eigenvalue weighted by Crippen LogP contribution is -2.26. The monoisotopic (exact) mass is 442 g/mol. The predicted octanol–water partition coefficient (Wildman–Crippen LogP) is 5.53. The van der Waals surface area contributed by atoms with E-state index in [1.807, 2.05) is 31.2 Å². The number of hydrogen-bond donors (Lipinski definition) is 2. The summed E-state index contributed by atoms with van der Waals surface area (Å²) in [4.78, 5) is 21.3. The molecule has 0 fully saturated rings. The lowest BCUT2D eigenvalue weighted by atomic mass is 10.1. The van der Waals surface area contributed by atoms with Crippen LogP contribution in [0.15, 0.2) is 85.1 Å². The molecule has 0 aliphatic rings. The molecule has 0 aliphatic heterocycles. The molecule has 6 nitrogen and oxygen atoms in total. The molecule has 4 aromatic rings. The molecule has 1 atom stereocenters. The Morgan fingerprint density at radius 3 is 2.55 bits per heavy atom. The van der Waals surface area contributed by atoms with Crippen LogP contribution in [0.3, 0.4) is 0 Å². The highest BCUT2D eigenvalue weighted by Crippen LogP contribution is 2.21. The maximum atomic E-state index is 13.5. The highest BCUT2D eigenvalue weighted by molar-refractivity contribution is 5.94. The number of hydrogen-bond acceptors (Lipinski definition) is 5. The Kier molecular flexibility index (Phi) is 6.59. The number of nitrogens with zero attached hydrogens (tertiary/aromatic N) is 2. The molecule has 33 heavy (non-hydrogen) atoms. The third-order valence-electron chi connectivity index (χ3n) is 5.10. The number of halogens is 1. The van der Waals surface area contributed by atoms with Crippen molar-refractivity contribution in [3.63, 3.8) is 0 Å². The fourth-order valence-corrected chi connectivity index (χ4v) is 3.32. The average molecular weight is 442 g/mol. The molecule has 0 aliphatic carbocycles. The van der Waals surface area contributed by atoms with Crippen LogP contribution >= 0.6 is 0 Å². The van der Waals surface area contributed by atoms with Crippen molar-refractivity contribution in [3.05, 3.63) is 102 Å². The van der Waals surface area contributed by atoms with Gasteiger partial charge >= 0.3 is 0 Å². The molecular weight excluding hydrogens is 419 g/mol. The van der Waals surface area contributed by atoms with Gasteiger partial charge in [0.25, 0.3) is 5.91 Å². The summed E-state index contributed by atoms with van der Waals surface area (Å²) in [5.74, 6) is 1.21. The van der Waals surface area contributed by atoms with Crippen LogP contribution in [0.5, 0.6) is 5.75 Å². The number of methoxy groups -OCH3 is 1. The second-order valence-corrected chi connectivity index (χ2v) is 7.45. The molecule has 0 bridgehead atoms. The number of carbonyl (C=O) groups excluding carboxylic acids is 1. The smallest absolute Gasteiger partial charge is 0.251 e. The normalized spacial score (nSPS) is 11.5. The van der Waals surface area contributed by atoms with Gasteiger partial charge in [0.2, 0.25) is 0 Å². The Labute approximate surface area is 191 Å². The van der Waals surface area contributed by atoms with Crippen LogP contribution in [-0.2, 0) is 0 Å². The first-order valence-corrected chi connectivity index (χ1v) is 10.4. The third-order valence-corrected chi connectivity index (χ3v) is 5.10. The fraction of sp³-hybridized carbons (Fsp3) is 0.115. The summed E-state index contributed by atoms with van der Waals surface area (Å²) in [5, 5.41) is 6.18. The lowest BCUT2D eigenvalue weighted by molar-refractivity contribution is 0.0940. The molecule has 7 heteroatoms. The minimum atomic E-state index is -0.343. The predicted molar refractivity (Wildman–Crippen MR) is 126 cm³/mol. The Morgan fingerprint density at radius 1 is 1.00 bits per heavy atom. The quantitative estimate of drug-likeness (QED) is 0.394. The highest BCUT2D eigenvalue weighted by atomic mass is 19.1. The second kappa shape index (κ2) is 9.91. The molecule has 1 heterocycles. The van der Waals surface area contributed by atoms with Crippen LogP contribution in [0.25, 0.3) is 11.4 Å². The number of benzene rings is 3. The first-order chi connectivity index (χ1) is 16.0. The van der Waals surface area contributed by atoms with Gasteiger partial charge in [0.05, 0.1) is 13.2 Å². The maximum Gasteiger partial charge on any atom is 0.251 e. The van der Waals surface area contributed by atoms with E-state index in [0.29, 0.717) is 22.8 Å². The van der Waals surface area contributed by atoms with Gasteiger partial charge in [0, 0.05) is 23.0 Å². The molecule has 0 saturated carbocycles. The number of rotatable bonds is 7. The summed E-state index contributed by atoms with van der Waals surface area (Å²) in [7, 11) is 1.61. The molecular formula is C26H23FN4O2. The summed E-state index contributed by atoms with van der Waals surface area (Å²) >= 11 is 0. The van der Waals surface area contributed by atoms with Gasteiger partial charge in [-0.05, 0) is 67.1 Å². The van der Waals surface area contributed by atoms with Gasteiger partial charge in [-0.15, -0.1) is 0 Å². The Bertz CT molecular complexity index is 1260. The zero-order chi connectivity index (χ0) is 23.2. The van der Waals surface area contributed by atoms with Crippen molar-refractivity contribution >= 4 is 17.4 Å². The summed E-state index contributed by atoms with van der Waals surface area (Å²) in [6.07, 6.45) is 1.61. The zero-order valence-electron chi connectivity index (χ0n) is 18.2. The first-order valence-electron chi connectivity index (χ1n) is 10.4. The van der Waals surface area contributed by atoms with Gasteiger partial charge in [-0.1, -0.05) is 24.3 Å². The van der Waals surface area contributed by atoms with Crippen LogP contribution in [0.1, 0.15) is 28.9 Å². The molecule has 0 spiro atoms. The van der Waals surface area contributed by atoms with Gasteiger partial charge in [-0.2, -0.15) is 0 Å². The van der Waals surface area contributed by atoms with Crippen molar-refractivity contribution in [1.82, 2.24) is 15.3 Å². The molecule has 0 radical (unpaired) electrons. The molecule has 1 unspecified atom stereocenters. The Morgan fingerprint density at radius 2 is 1.79 bits per heavy atom. The average Bonchev–Trinajstić information content (AvgIpc) is 2.84. The lowest BCUT2D eigenvalue weighted by Gasteiger charge is -2.15. The van der Waals surface area contributed by atoms with E-state index in [9.17, 15) is 9.18 Å². The summed E-state index contributed by atoms with van der Waals surface area (Å²) in [6, 6.07) is 22.4. The molecule has 2 N–H and O–H groups in total. The van der Waals surface area contributed by atoms with E-state index in [0.717, 1.165) is 17.0 Å². The number of carbonyl (C=O) groups is 1. The minimum Gasteiger partial charge on any atom is -0.497 e. The van der Waals surface area contributed by atoms with Crippen molar-refractivity contribution in [2.45, 2.75) is 13.0 Å². The molecule has 0 saturated heterocycles. The zero-order valence-corrected chi connectivity index (χ0v) is 18.2. The van der Waals surface area contributed by atoms with Crippen LogP contribution in [-0.4, -0.2) is 23.0 Å². The van der Waals surface area contributed by atoms with Crippen molar-refractivity contribution in [2.24, 2.45) is 0 Å².